The molecule has 4 heteroatoms. The lowest BCUT2D eigenvalue weighted by Crippen LogP contribution is -2.12. The highest BCUT2D eigenvalue weighted by Crippen LogP contribution is 2.25. The summed E-state index contributed by atoms with van der Waals surface area (Å²) in [7, 11) is 0. The van der Waals surface area contributed by atoms with Gasteiger partial charge >= 0.3 is 0 Å². The summed E-state index contributed by atoms with van der Waals surface area (Å²) in [6, 6.07) is 1.95. The van der Waals surface area contributed by atoms with Crippen LogP contribution in [0.25, 0.3) is 0 Å². The van der Waals surface area contributed by atoms with Crippen molar-refractivity contribution in [3.63, 3.8) is 0 Å². The third-order valence-corrected chi connectivity index (χ3v) is 2.65. The number of halogens is 1. The average Bonchev–Trinajstić information content (AvgIpc) is 2.30. The standard InChI is InChI=1S/C8H10ClNOS/c1-5-3-7(6(2)12-5)10-8(11)4-9/h3H,4H2,1-2H3,(H,10,11). The van der Waals surface area contributed by atoms with Gasteiger partial charge in [-0.2, -0.15) is 0 Å². The van der Waals surface area contributed by atoms with E-state index in [4.69, 9.17) is 11.6 Å². The first-order valence-corrected chi connectivity index (χ1v) is 4.91. The second kappa shape index (κ2) is 3.92. The first-order chi connectivity index (χ1) is 5.63. The topological polar surface area (TPSA) is 29.1 Å². The highest BCUT2D eigenvalue weighted by atomic mass is 35.5. The molecule has 0 aliphatic rings. The van der Waals surface area contributed by atoms with Gasteiger partial charge in [-0.05, 0) is 19.9 Å². The van der Waals surface area contributed by atoms with Gasteiger partial charge in [-0.1, -0.05) is 0 Å². The van der Waals surface area contributed by atoms with Gasteiger partial charge in [-0.3, -0.25) is 4.79 Å². The van der Waals surface area contributed by atoms with E-state index in [0.29, 0.717) is 0 Å². The van der Waals surface area contributed by atoms with Gasteiger partial charge < -0.3 is 5.32 Å². The second-order valence-corrected chi connectivity index (χ2v) is 4.24. The molecular formula is C8H10ClNOS. The Morgan fingerprint density at radius 3 is 2.75 bits per heavy atom. The third kappa shape index (κ3) is 2.22. The van der Waals surface area contributed by atoms with Crippen molar-refractivity contribution in [1.29, 1.82) is 0 Å². The number of hydrogen-bond donors (Lipinski definition) is 1. The first kappa shape index (κ1) is 9.55. The molecule has 0 aliphatic carbocycles. The highest BCUT2D eigenvalue weighted by molar-refractivity contribution is 7.12. The zero-order chi connectivity index (χ0) is 9.14. The van der Waals surface area contributed by atoms with Crippen LogP contribution in [0.4, 0.5) is 5.69 Å². The Morgan fingerprint density at radius 2 is 2.33 bits per heavy atom. The van der Waals surface area contributed by atoms with Crippen molar-refractivity contribution in [2.75, 3.05) is 11.2 Å². The minimum Gasteiger partial charge on any atom is -0.324 e. The molecule has 0 bridgehead atoms. The molecule has 12 heavy (non-hydrogen) atoms. The molecule has 0 atom stereocenters. The van der Waals surface area contributed by atoms with Gasteiger partial charge in [0.25, 0.3) is 0 Å². The molecule has 0 saturated heterocycles. The van der Waals surface area contributed by atoms with Crippen molar-refractivity contribution < 1.29 is 4.79 Å². The molecule has 1 N–H and O–H groups in total. The largest absolute Gasteiger partial charge is 0.324 e. The lowest BCUT2D eigenvalue weighted by atomic mass is 10.4. The zero-order valence-electron chi connectivity index (χ0n) is 6.98. The fourth-order valence-corrected chi connectivity index (χ4v) is 1.88. The first-order valence-electron chi connectivity index (χ1n) is 3.56. The van der Waals surface area contributed by atoms with Crippen molar-refractivity contribution in [3.8, 4) is 0 Å². The molecule has 0 aliphatic heterocycles. The number of carbonyl (C=O) groups is 1. The maximum absolute atomic E-state index is 10.9. The smallest absolute Gasteiger partial charge is 0.239 e. The maximum Gasteiger partial charge on any atom is 0.239 e. The molecule has 0 unspecified atom stereocenters. The van der Waals surface area contributed by atoms with Crippen LogP contribution in [0, 0.1) is 13.8 Å². The van der Waals surface area contributed by atoms with Gasteiger partial charge in [0.2, 0.25) is 5.91 Å². The fourth-order valence-electron chi connectivity index (χ4n) is 0.939. The SMILES string of the molecule is Cc1cc(NC(=O)CCl)c(C)s1. The lowest BCUT2D eigenvalue weighted by Gasteiger charge is -1.99. The summed E-state index contributed by atoms with van der Waals surface area (Å²) in [5.41, 5.74) is 0.878. The minimum absolute atomic E-state index is 0.00827. The van der Waals surface area contributed by atoms with Crippen LogP contribution in [-0.2, 0) is 4.79 Å². The summed E-state index contributed by atoms with van der Waals surface area (Å²) in [6.45, 7) is 3.98. The Bertz CT molecular complexity index is 295. The molecule has 0 fully saturated rings. The zero-order valence-corrected chi connectivity index (χ0v) is 8.55. The molecule has 1 rings (SSSR count). The van der Waals surface area contributed by atoms with E-state index in [9.17, 15) is 4.79 Å². The molecule has 1 aromatic heterocycles. The number of anilines is 1. The van der Waals surface area contributed by atoms with Crippen molar-refractivity contribution in [1.82, 2.24) is 0 Å². The van der Waals surface area contributed by atoms with Crippen LogP contribution < -0.4 is 5.32 Å². The van der Waals surface area contributed by atoms with Crippen molar-refractivity contribution in [3.05, 3.63) is 15.8 Å². The Hall–Kier alpha value is -0.540. The van der Waals surface area contributed by atoms with E-state index in [1.54, 1.807) is 11.3 Å². The number of thiophene rings is 1. The van der Waals surface area contributed by atoms with Crippen molar-refractivity contribution in [2.24, 2.45) is 0 Å². The predicted octanol–water partition coefficient (Wildman–Crippen LogP) is 2.54. The average molecular weight is 204 g/mol. The number of carbonyl (C=O) groups excluding carboxylic acids is 1. The molecule has 0 saturated carbocycles. The van der Waals surface area contributed by atoms with Crippen LogP contribution in [0.1, 0.15) is 9.75 Å². The Morgan fingerprint density at radius 1 is 1.67 bits per heavy atom. The number of amides is 1. The van der Waals surface area contributed by atoms with Gasteiger partial charge in [-0.15, -0.1) is 22.9 Å². The Labute approximate surface area is 80.5 Å². The summed E-state index contributed by atoms with van der Waals surface area (Å²) in [6.07, 6.45) is 0. The molecule has 2 nitrogen and oxygen atoms in total. The number of hydrogen-bond acceptors (Lipinski definition) is 2. The van der Waals surface area contributed by atoms with Gasteiger partial charge in [-0.25, -0.2) is 0 Å². The predicted molar refractivity (Wildman–Crippen MR) is 53.1 cm³/mol. The summed E-state index contributed by atoms with van der Waals surface area (Å²) < 4.78 is 0. The summed E-state index contributed by atoms with van der Waals surface area (Å²) in [5.74, 6) is -0.147. The lowest BCUT2D eigenvalue weighted by molar-refractivity contribution is -0.113. The third-order valence-electron chi connectivity index (χ3n) is 1.44. The molecule has 1 aromatic rings. The number of aryl methyl sites for hydroxylation is 2. The second-order valence-electron chi connectivity index (χ2n) is 2.51. The van der Waals surface area contributed by atoms with Crippen LogP contribution in [-0.4, -0.2) is 11.8 Å². The number of nitrogens with one attached hydrogen (secondary N) is 1. The molecule has 0 spiro atoms. The molecule has 0 radical (unpaired) electrons. The maximum atomic E-state index is 10.9. The van der Waals surface area contributed by atoms with E-state index in [1.165, 1.54) is 4.88 Å². The quantitative estimate of drug-likeness (QED) is 0.736. The van der Waals surface area contributed by atoms with E-state index in [1.807, 2.05) is 19.9 Å². The molecule has 1 heterocycles. The molecule has 1 amide bonds. The van der Waals surface area contributed by atoms with Crippen LogP contribution in [0.5, 0.6) is 0 Å². The van der Waals surface area contributed by atoms with Gasteiger partial charge in [0.1, 0.15) is 5.88 Å². The van der Waals surface area contributed by atoms with Crippen LogP contribution in [0.3, 0.4) is 0 Å². The van der Waals surface area contributed by atoms with Crippen LogP contribution in [0.15, 0.2) is 6.07 Å². The van der Waals surface area contributed by atoms with Crippen LogP contribution >= 0.6 is 22.9 Å². The minimum atomic E-state index is -0.155. The summed E-state index contributed by atoms with van der Waals surface area (Å²) in [4.78, 5) is 13.2. The molecule has 66 valence electrons. The van der Waals surface area contributed by atoms with Gasteiger partial charge in [0.05, 0.1) is 5.69 Å². The molecular weight excluding hydrogens is 194 g/mol. The summed E-state index contributed by atoms with van der Waals surface area (Å²) >= 11 is 7.02. The van der Waals surface area contributed by atoms with E-state index >= 15 is 0 Å². The number of rotatable bonds is 2. The monoisotopic (exact) mass is 203 g/mol. The van der Waals surface area contributed by atoms with E-state index in [-0.39, 0.29) is 11.8 Å². The van der Waals surface area contributed by atoms with E-state index in [2.05, 4.69) is 5.32 Å². The highest BCUT2D eigenvalue weighted by Gasteiger charge is 2.05. The fraction of sp³-hybridized carbons (Fsp3) is 0.375. The van der Waals surface area contributed by atoms with Gasteiger partial charge in [0, 0.05) is 9.75 Å². The summed E-state index contributed by atoms with van der Waals surface area (Å²) in [5, 5.41) is 2.72. The Kier molecular flexibility index (Phi) is 3.12. The van der Waals surface area contributed by atoms with E-state index < -0.39 is 0 Å². The van der Waals surface area contributed by atoms with Crippen molar-refractivity contribution >= 4 is 34.5 Å². The molecule has 0 aromatic carbocycles. The van der Waals surface area contributed by atoms with Crippen molar-refractivity contribution in [2.45, 2.75) is 13.8 Å². The number of alkyl halides is 1. The normalized spacial score (nSPS) is 9.92. The Balaban J connectivity index is 2.75. The van der Waals surface area contributed by atoms with Crippen LogP contribution in [0.2, 0.25) is 0 Å². The van der Waals surface area contributed by atoms with E-state index in [0.717, 1.165) is 10.6 Å². The van der Waals surface area contributed by atoms with Gasteiger partial charge in [0.15, 0.2) is 0 Å².